The molecule has 1 aliphatic heterocycles. The van der Waals surface area contributed by atoms with Crippen LogP contribution < -0.4 is 14.9 Å². The zero-order chi connectivity index (χ0) is 16.1. The zero-order valence-corrected chi connectivity index (χ0v) is 13.6. The van der Waals surface area contributed by atoms with Gasteiger partial charge in [-0.3, -0.25) is 15.0 Å². The van der Waals surface area contributed by atoms with Crippen molar-refractivity contribution in [3.8, 4) is 11.5 Å². The van der Waals surface area contributed by atoms with Gasteiger partial charge in [-0.25, -0.2) is 5.01 Å². The van der Waals surface area contributed by atoms with Crippen molar-refractivity contribution >= 4 is 46.2 Å². The Hall–Kier alpha value is -2.06. The van der Waals surface area contributed by atoms with Gasteiger partial charge in [-0.2, -0.15) is 0 Å². The summed E-state index contributed by atoms with van der Waals surface area (Å²) in [6.45, 7) is 0. The standard InChI is InChI=1S/C14H14N2O4S2/c1-19-10-5-3-9(7-11(10)20-2)4-6-12(17)15-16-13(18)8-22-14(16)21/h3-7H,8H2,1-2H3,(H,15,17). The van der Waals surface area contributed by atoms with E-state index in [2.05, 4.69) is 5.43 Å². The van der Waals surface area contributed by atoms with Crippen LogP contribution in [0.5, 0.6) is 11.5 Å². The number of carbonyl (C=O) groups is 2. The number of amides is 2. The monoisotopic (exact) mass is 338 g/mol. The fraction of sp³-hybridized carbons (Fsp3) is 0.214. The highest BCUT2D eigenvalue weighted by Crippen LogP contribution is 2.27. The average Bonchev–Trinajstić information content (AvgIpc) is 2.84. The quantitative estimate of drug-likeness (QED) is 0.650. The lowest BCUT2D eigenvalue weighted by Gasteiger charge is -2.14. The Bertz CT molecular complexity index is 630. The molecule has 22 heavy (non-hydrogen) atoms. The van der Waals surface area contributed by atoms with E-state index >= 15 is 0 Å². The van der Waals surface area contributed by atoms with E-state index in [0.29, 0.717) is 15.8 Å². The fourth-order valence-corrected chi connectivity index (χ4v) is 2.72. The Morgan fingerprint density at radius 3 is 2.68 bits per heavy atom. The molecule has 116 valence electrons. The maximum absolute atomic E-state index is 11.8. The number of hydrazine groups is 1. The van der Waals surface area contributed by atoms with Crippen molar-refractivity contribution in [1.29, 1.82) is 0 Å². The lowest BCUT2D eigenvalue weighted by Crippen LogP contribution is -2.44. The molecule has 2 rings (SSSR count). The molecule has 1 saturated heterocycles. The lowest BCUT2D eigenvalue weighted by atomic mass is 10.2. The molecule has 0 bridgehead atoms. The van der Waals surface area contributed by atoms with Gasteiger partial charge in [-0.05, 0) is 23.8 Å². The molecule has 1 aromatic carbocycles. The fourth-order valence-electron chi connectivity index (χ4n) is 1.74. The Morgan fingerprint density at radius 1 is 1.36 bits per heavy atom. The van der Waals surface area contributed by atoms with Crippen molar-refractivity contribution in [3.05, 3.63) is 29.8 Å². The number of benzene rings is 1. The first-order valence-electron chi connectivity index (χ1n) is 6.25. The van der Waals surface area contributed by atoms with Crippen molar-refractivity contribution in [2.24, 2.45) is 0 Å². The minimum atomic E-state index is -0.437. The normalized spacial score (nSPS) is 14.5. The van der Waals surface area contributed by atoms with Crippen molar-refractivity contribution in [2.75, 3.05) is 20.0 Å². The smallest absolute Gasteiger partial charge is 0.262 e. The van der Waals surface area contributed by atoms with E-state index in [-0.39, 0.29) is 11.7 Å². The van der Waals surface area contributed by atoms with Crippen LogP contribution in [0.25, 0.3) is 6.08 Å². The minimum Gasteiger partial charge on any atom is -0.493 e. The van der Waals surface area contributed by atoms with Gasteiger partial charge in [-0.1, -0.05) is 30.0 Å². The van der Waals surface area contributed by atoms with Gasteiger partial charge >= 0.3 is 0 Å². The maximum Gasteiger partial charge on any atom is 0.262 e. The second-order valence-electron chi connectivity index (χ2n) is 4.21. The summed E-state index contributed by atoms with van der Waals surface area (Å²) in [6, 6.07) is 5.27. The molecule has 1 N–H and O–H groups in total. The van der Waals surface area contributed by atoms with Crippen LogP contribution in [0, 0.1) is 0 Å². The first kappa shape index (κ1) is 16.3. The van der Waals surface area contributed by atoms with Crippen LogP contribution in [-0.2, 0) is 9.59 Å². The number of rotatable bonds is 5. The van der Waals surface area contributed by atoms with Crippen LogP contribution in [-0.4, -0.2) is 41.1 Å². The van der Waals surface area contributed by atoms with E-state index < -0.39 is 5.91 Å². The Morgan fingerprint density at radius 2 is 2.09 bits per heavy atom. The molecular formula is C14H14N2O4S2. The van der Waals surface area contributed by atoms with Gasteiger partial charge in [0, 0.05) is 6.08 Å². The summed E-state index contributed by atoms with van der Waals surface area (Å²) >= 11 is 6.19. The third-order valence-electron chi connectivity index (χ3n) is 2.81. The first-order chi connectivity index (χ1) is 10.5. The summed E-state index contributed by atoms with van der Waals surface area (Å²) in [5.74, 6) is 0.751. The molecular weight excluding hydrogens is 324 g/mol. The van der Waals surface area contributed by atoms with Gasteiger partial charge in [0.15, 0.2) is 15.8 Å². The van der Waals surface area contributed by atoms with Gasteiger partial charge < -0.3 is 9.47 Å². The third-order valence-corrected chi connectivity index (χ3v) is 4.16. The molecule has 1 heterocycles. The molecule has 0 aliphatic carbocycles. The molecule has 8 heteroatoms. The second-order valence-corrected chi connectivity index (χ2v) is 5.82. The number of thiocarbonyl (C=S) groups is 1. The van der Waals surface area contributed by atoms with E-state index in [1.54, 1.807) is 31.4 Å². The SMILES string of the molecule is COc1ccc(C=CC(=O)NN2C(=O)CSC2=S)cc1OC. The topological polar surface area (TPSA) is 67.9 Å². The Balaban J connectivity index is 2.03. The molecule has 0 radical (unpaired) electrons. The van der Waals surface area contributed by atoms with E-state index in [0.717, 1.165) is 10.6 Å². The van der Waals surface area contributed by atoms with E-state index in [1.807, 2.05) is 0 Å². The first-order valence-corrected chi connectivity index (χ1v) is 7.65. The highest BCUT2D eigenvalue weighted by atomic mass is 32.2. The van der Waals surface area contributed by atoms with Crippen LogP contribution in [0.2, 0.25) is 0 Å². The summed E-state index contributed by atoms with van der Waals surface area (Å²) in [5, 5.41) is 1.08. The largest absolute Gasteiger partial charge is 0.493 e. The second kappa shape index (κ2) is 7.28. The number of thioether (sulfide) groups is 1. The maximum atomic E-state index is 11.8. The highest BCUT2D eigenvalue weighted by Gasteiger charge is 2.27. The number of nitrogens with one attached hydrogen (secondary N) is 1. The predicted octanol–water partition coefficient (Wildman–Crippen LogP) is 1.61. The van der Waals surface area contributed by atoms with Crippen molar-refractivity contribution < 1.29 is 19.1 Å². The van der Waals surface area contributed by atoms with Crippen LogP contribution in [0.1, 0.15) is 5.56 Å². The van der Waals surface area contributed by atoms with Crippen LogP contribution >= 0.6 is 24.0 Å². The van der Waals surface area contributed by atoms with Gasteiger partial charge in [0.2, 0.25) is 0 Å². The molecule has 0 atom stereocenters. The molecule has 1 aromatic rings. The Labute approximate surface area is 137 Å². The van der Waals surface area contributed by atoms with Gasteiger partial charge in [0.1, 0.15) is 0 Å². The number of carbonyl (C=O) groups excluding carboxylic acids is 2. The molecule has 2 amide bonds. The number of hydrogen-bond acceptors (Lipinski definition) is 6. The van der Waals surface area contributed by atoms with Crippen molar-refractivity contribution in [1.82, 2.24) is 10.4 Å². The minimum absolute atomic E-state index is 0.233. The Kier molecular flexibility index (Phi) is 5.40. The molecule has 0 saturated carbocycles. The average molecular weight is 338 g/mol. The summed E-state index contributed by atoms with van der Waals surface area (Å²) in [6.07, 6.45) is 2.92. The lowest BCUT2D eigenvalue weighted by molar-refractivity contribution is -0.132. The number of nitrogens with zero attached hydrogens (tertiary/aromatic N) is 1. The van der Waals surface area contributed by atoms with E-state index in [1.165, 1.54) is 24.9 Å². The summed E-state index contributed by atoms with van der Waals surface area (Å²) in [7, 11) is 3.09. The van der Waals surface area contributed by atoms with Gasteiger partial charge in [0.25, 0.3) is 11.8 Å². The molecule has 1 fully saturated rings. The zero-order valence-electron chi connectivity index (χ0n) is 12.0. The number of methoxy groups -OCH3 is 2. The van der Waals surface area contributed by atoms with E-state index in [9.17, 15) is 9.59 Å². The van der Waals surface area contributed by atoms with Crippen molar-refractivity contribution in [3.63, 3.8) is 0 Å². The van der Waals surface area contributed by atoms with Gasteiger partial charge in [0.05, 0.1) is 20.0 Å². The molecule has 6 nitrogen and oxygen atoms in total. The van der Waals surface area contributed by atoms with E-state index in [4.69, 9.17) is 21.7 Å². The van der Waals surface area contributed by atoms with Crippen molar-refractivity contribution in [2.45, 2.75) is 0 Å². The van der Waals surface area contributed by atoms with Gasteiger partial charge in [-0.15, -0.1) is 0 Å². The highest BCUT2D eigenvalue weighted by molar-refractivity contribution is 8.23. The summed E-state index contributed by atoms with van der Waals surface area (Å²) in [4.78, 5) is 23.3. The third kappa shape index (κ3) is 3.77. The van der Waals surface area contributed by atoms with Crippen LogP contribution in [0.15, 0.2) is 24.3 Å². The predicted molar refractivity (Wildman–Crippen MR) is 88.6 cm³/mol. The molecule has 1 aliphatic rings. The van der Waals surface area contributed by atoms with Crippen LogP contribution in [0.3, 0.4) is 0 Å². The summed E-state index contributed by atoms with van der Waals surface area (Å²) < 4.78 is 10.7. The number of ether oxygens (including phenoxy) is 2. The summed E-state index contributed by atoms with van der Waals surface area (Å²) in [5.41, 5.74) is 3.20. The molecule has 0 unspecified atom stereocenters. The molecule has 0 aromatic heterocycles. The number of hydrogen-bond donors (Lipinski definition) is 1. The molecule has 0 spiro atoms. The van der Waals surface area contributed by atoms with Crippen LogP contribution in [0.4, 0.5) is 0 Å².